The van der Waals surface area contributed by atoms with Crippen LogP contribution in [-0.4, -0.2) is 29.6 Å². The van der Waals surface area contributed by atoms with E-state index in [1.54, 1.807) is 0 Å². The molecular formula is C29H34Cl2N2O2. The Balaban J connectivity index is 1.83. The zero-order valence-electron chi connectivity index (χ0n) is 20.7. The highest BCUT2D eigenvalue weighted by atomic mass is 35.5. The van der Waals surface area contributed by atoms with Crippen molar-refractivity contribution < 1.29 is 9.90 Å². The molecule has 2 fully saturated rings. The van der Waals surface area contributed by atoms with Crippen LogP contribution in [0.3, 0.4) is 0 Å². The summed E-state index contributed by atoms with van der Waals surface area (Å²) >= 11 is 12.6. The summed E-state index contributed by atoms with van der Waals surface area (Å²) in [5.74, 6) is -0.337. The number of rotatable bonds is 8. The molecule has 1 aliphatic heterocycles. The van der Waals surface area contributed by atoms with Gasteiger partial charge in [-0.1, -0.05) is 68.2 Å². The molecule has 1 saturated heterocycles. The van der Waals surface area contributed by atoms with Crippen LogP contribution in [0.25, 0.3) is 0 Å². The third kappa shape index (κ3) is 5.30. The predicted molar refractivity (Wildman–Crippen MR) is 141 cm³/mol. The van der Waals surface area contributed by atoms with Crippen LogP contribution in [0.4, 0.5) is 0 Å². The Morgan fingerprint density at radius 3 is 2.37 bits per heavy atom. The lowest BCUT2D eigenvalue weighted by molar-refractivity contribution is -0.121. The first-order chi connectivity index (χ1) is 16.5. The molecule has 2 aromatic carbocycles. The van der Waals surface area contributed by atoms with Gasteiger partial charge in [-0.3, -0.25) is 4.79 Å². The minimum atomic E-state index is -0.989. The Hall–Kier alpha value is -1.90. The third-order valence-electron chi connectivity index (χ3n) is 7.83. The van der Waals surface area contributed by atoms with Crippen LogP contribution in [0.15, 0.2) is 48.5 Å². The van der Waals surface area contributed by atoms with E-state index >= 15 is 0 Å². The number of Topliss-reactive ketones (excluding diaryl/α,β-unsaturated/α-hetero) is 1. The van der Waals surface area contributed by atoms with Crippen molar-refractivity contribution in [2.45, 2.75) is 76.3 Å². The fourth-order valence-corrected chi connectivity index (χ4v) is 6.04. The van der Waals surface area contributed by atoms with Crippen LogP contribution in [0.2, 0.25) is 10.0 Å². The standard InChI is InChI=1S/C29H34Cl2N2O2/c1-27(2,3)16-24-29(17-32,20-7-9-21(30)10-8-20)25(19-5-4-6-22(31)15-19)26(33-24)23(35)11-12-28(18-34)13-14-28/h4-10,15,24-26,33-34H,11-14,16,18H2,1-3H3/t24-,25-,26-,29-/m0/s1. The quantitative estimate of drug-likeness (QED) is 0.426. The highest BCUT2D eigenvalue weighted by molar-refractivity contribution is 6.30. The van der Waals surface area contributed by atoms with E-state index in [2.05, 4.69) is 32.2 Å². The topological polar surface area (TPSA) is 73.1 Å². The number of nitriles is 1. The van der Waals surface area contributed by atoms with Gasteiger partial charge in [0.2, 0.25) is 0 Å². The Kier molecular flexibility index (Phi) is 7.38. The SMILES string of the molecule is CC(C)(C)C[C@@H]1N[C@@H](C(=O)CCC2(CO)CC2)[C@H](c2cccc(Cl)c2)[C@@]1(C#N)c1ccc(Cl)cc1. The number of aliphatic hydroxyl groups excluding tert-OH is 1. The molecule has 4 atom stereocenters. The molecule has 4 nitrogen and oxygen atoms in total. The van der Waals surface area contributed by atoms with Gasteiger partial charge in [0.05, 0.1) is 12.1 Å². The summed E-state index contributed by atoms with van der Waals surface area (Å²) in [5.41, 5.74) is 0.558. The first-order valence-corrected chi connectivity index (χ1v) is 13.1. The fourth-order valence-electron chi connectivity index (χ4n) is 5.72. The van der Waals surface area contributed by atoms with Crippen molar-refractivity contribution in [1.29, 1.82) is 5.26 Å². The van der Waals surface area contributed by atoms with Crippen molar-refractivity contribution in [2.24, 2.45) is 10.8 Å². The van der Waals surface area contributed by atoms with Crippen molar-refractivity contribution in [1.82, 2.24) is 5.32 Å². The number of hydrogen-bond acceptors (Lipinski definition) is 4. The summed E-state index contributed by atoms with van der Waals surface area (Å²) in [6, 6.07) is 16.9. The molecule has 1 saturated carbocycles. The molecule has 4 rings (SSSR count). The summed E-state index contributed by atoms with van der Waals surface area (Å²) in [4.78, 5) is 13.8. The number of aliphatic hydroxyl groups is 1. The van der Waals surface area contributed by atoms with Crippen molar-refractivity contribution in [2.75, 3.05) is 6.61 Å². The van der Waals surface area contributed by atoms with Gasteiger partial charge >= 0.3 is 0 Å². The van der Waals surface area contributed by atoms with Gasteiger partial charge in [-0.05, 0) is 71.9 Å². The van der Waals surface area contributed by atoms with Gasteiger partial charge in [-0.2, -0.15) is 5.26 Å². The van der Waals surface area contributed by atoms with Gasteiger partial charge in [-0.25, -0.2) is 0 Å². The average Bonchev–Trinajstić information content (AvgIpc) is 3.52. The summed E-state index contributed by atoms with van der Waals surface area (Å²) < 4.78 is 0. The van der Waals surface area contributed by atoms with E-state index in [4.69, 9.17) is 23.2 Å². The molecule has 0 spiro atoms. The number of halogens is 2. The minimum absolute atomic E-state index is 0.0715. The lowest BCUT2D eigenvalue weighted by Crippen LogP contribution is -2.44. The molecule has 0 amide bonds. The number of ketones is 1. The second kappa shape index (κ2) is 9.87. The summed E-state index contributed by atoms with van der Waals surface area (Å²) in [6.07, 6.45) is 3.69. The van der Waals surface area contributed by atoms with Gasteiger partial charge in [0.15, 0.2) is 0 Å². The van der Waals surface area contributed by atoms with Gasteiger partial charge in [0.25, 0.3) is 0 Å². The fraction of sp³-hybridized carbons (Fsp3) is 0.517. The van der Waals surface area contributed by atoms with Gasteiger partial charge < -0.3 is 10.4 Å². The lowest BCUT2D eigenvalue weighted by Gasteiger charge is -2.37. The van der Waals surface area contributed by atoms with E-state index in [9.17, 15) is 15.2 Å². The number of benzene rings is 2. The Labute approximate surface area is 218 Å². The van der Waals surface area contributed by atoms with Crippen LogP contribution in [0, 0.1) is 22.2 Å². The largest absolute Gasteiger partial charge is 0.396 e. The van der Waals surface area contributed by atoms with E-state index in [-0.39, 0.29) is 29.3 Å². The second-order valence-electron chi connectivity index (χ2n) is 11.6. The molecule has 2 aliphatic rings. The highest BCUT2D eigenvalue weighted by Gasteiger charge is 2.59. The monoisotopic (exact) mass is 512 g/mol. The number of hydrogen-bond donors (Lipinski definition) is 2. The van der Waals surface area contributed by atoms with Crippen molar-refractivity contribution >= 4 is 29.0 Å². The molecule has 186 valence electrons. The van der Waals surface area contributed by atoms with E-state index < -0.39 is 17.4 Å². The van der Waals surface area contributed by atoms with Crippen molar-refractivity contribution in [3.8, 4) is 6.07 Å². The van der Waals surface area contributed by atoms with Gasteiger partial charge in [0, 0.05) is 35.0 Å². The van der Waals surface area contributed by atoms with E-state index in [1.165, 1.54) is 0 Å². The van der Waals surface area contributed by atoms with Crippen molar-refractivity contribution in [3.63, 3.8) is 0 Å². The normalized spacial score (nSPS) is 27.4. The number of nitrogens with zero attached hydrogens (tertiary/aromatic N) is 1. The molecule has 0 radical (unpaired) electrons. The zero-order valence-corrected chi connectivity index (χ0v) is 22.2. The molecule has 0 unspecified atom stereocenters. The van der Waals surface area contributed by atoms with E-state index in [0.29, 0.717) is 29.3 Å². The Morgan fingerprint density at radius 1 is 1.14 bits per heavy atom. The predicted octanol–water partition coefficient (Wildman–Crippen LogP) is 6.44. The summed E-state index contributed by atoms with van der Waals surface area (Å²) in [6.45, 7) is 6.58. The third-order valence-corrected chi connectivity index (χ3v) is 8.31. The van der Waals surface area contributed by atoms with Gasteiger partial charge in [-0.15, -0.1) is 0 Å². The number of carbonyl (C=O) groups excluding carboxylic acids is 1. The van der Waals surface area contributed by atoms with Crippen LogP contribution >= 0.6 is 23.2 Å². The van der Waals surface area contributed by atoms with E-state index in [1.807, 2.05) is 48.5 Å². The molecule has 0 bridgehead atoms. The van der Waals surface area contributed by atoms with E-state index in [0.717, 1.165) is 24.0 Å². The molecule has 2 N–H and O–H groups in total. The molecule has 1 aliphatic carbocycles. The maximum Gasteiger partial charge on any atom is 0.150 e. The molecule has 2 aromatic rings. The highest BCUT2D eigenvalue weighted by Crippen LogP contribution is 2.53. The maximum absolute atomic E-state index is 13.8. The molecular weight excluding hydrogens is 479 g/mol. The minimum Gasteiger partial charge on any atom is -0.396 e. The van der Waals surface area contributed by atoms with Gasteiger partial charge in [0.1, 0.15) is 11.2 Å². The van der Waals surface area contributed by atoms with Crippen LogP contribution in [0.1, 0.15) is 69.9 Å². The number of carbonyl (C=O) groups is 1. The molecule has 0 aromatic heterocycles. The smallest absolute Gasteiger partial charge is 0.150 e. The maximum atomic E-state index is 13.8. The van der Waals surface area contributed by atoms with Crippen LogP contribution in [0.5, 0.6) is 0 Å². The zero-order chi connectivity index (χ0) is 25.4. The number of nitrogens with one attached hydrogen (secondary N) is 1. The first kappa shape index (κ1) is 26.2. The molecule has 35 heavy (non-hydrogen) atoms. The Morgan fingerprint density at radius 2 is 1.83 bits per heavy atom. The molecule has 1 heterocycles. The molecule has 6 heteroatoms. The average molecular weight is 514 g/mol. The Bertz CT molecular complexity index is 1110. The first-order valence-electron chi connectivity index (χ1n) is 12.4. The summed E-state index contributed by atoms with van der Waals surface area (Å²) in [5, 5.41) is 25.5. The van der Waals surface area contributed by atoms with Crippen LogP contribution < -0.4 is 5.32 Å². The van der Waals surface area contributed by atoms with Crippen LogP contribution in [-0.2, 0) is 10.2 Å². The van der Waals surface area contributed by atoms with Crippen molar-refractivity contribution in [3.05, 3.63) is 69.7 Å². The lowest BCUT2D eigenvalue weighted by atomic mass is 9.62. The summed E-state index contributed by atoms with van der Waals surface area (Å²) in [7, 11) is 0. The second-order valence-corrected chi connectivity index (χ2v) is 12.5.